The van der Waals surface area contributed by atoms with Gasteiger partial charge in [-0.05, 0) is 24.6 Å². The Kier molecular flexibility index (Phi) is 4.18. The number of amides is 1. The monoisotopic (exact) mass is 296 g/mol. The first-order valence-electron chi connectivity index (χ1n) is 5.93. The van der Waals surface area contributed by atoms with Crippen molar-refractivity contribution in [1.29, 1.82) is 0 Å². The molecule has 0 radical (unpaired) electrons. The first-order valence-corrected chi connectivity index (χ1v) is 6.73. The summed E-state index contributed by atoms with van der Waals surface area (Å²) in [5, 5.41) is 3.26. The van der Waals surface area contributed by atoms with Gasteiger partial charge in [-0.25, -0.2) is 0 Å². The Labute approximate surface area is 110 Å². The first-order chi connectivity index (χ1) is 8.18. The molecule has 1 fully saturated rings. The SMILES string of the molecule is CC(C(=O)N1CCNCC1)c1ccc(Br)cc1. The predicted octanol–water partition coefficient (Wildman–Crippen LogP) is 1.98. The molecule has 0 saturated carbocycles. The van der Waals surface area contributed by atoms with E-state index in [-0.39, 0.29) is 11.8 Å². The van der Waals surface area contributed by atoms with Gasteiger partial charge in [0.15, 0.2) is 0 Å². The van der Waals surface area contributed by atoms with Crippen LogP contribution in [0, 0.1) is 0 Å². The van der Waals surface area contributed by atoms with Gasteiger partial charge in [0.1, 0.15) is 0 Å². The van der Waals surface area contributed by atoms with E-state index in [1.54, 1.807) is 0 Å². The Balaban J connectivity index is 2.05. The minimum absolute atomic E-state index is 0.0544. The van der Waals surface area contributed by atoms with Gasteiger partial charge >= 0.3 is 0 Å². The molecule has 0 bridgehead atoms. The largest absolute Gasteiger partial charge is 0.340 e. The number of carbonyl (C=O) groups is 1. The third-order valence-corrected chi connectivity index (χ3v) is 3.70. The normalized spacial score (nSPS) is 17.9. The zero-order valence-corrected chi connectivity index (χ0v) is 11.5. The van der Waals surface area contributed by atoms with Gasteiger partial charge in [0, 0.05) is 30.7 Å². The van der Waals surface area contributed by atoms with Crippen molar-refractivity contribution < 1.29 is 4.79 Å². The molecule has 1 aromatic carbocycles. The zero-order chi connectivity index (χ0) is 12.3. The number of nitrogens with zero attached hydrogens (tertiary/aromatic N) is 1. The highest BCUT2D eigenvalue weighted by Crippen LogP contribution is 2.20. The molecule has 4 heteroatoms. The van der Waals surface area contributed by atoms with Crippen molar-refractivity contribution in [2.24, 2.45) is 0 Å². The topological polar surface area (TPSA) is 32.3 Å². The standard InChI is InChI=1S/C13H17BrN2O/c1-10(11-2-4-12(14)5-3-11)13(17)16-8-6-15-7-9-16/h2-5,10,15H,6-9H2,1H3. The van der Waals surface area contributed by atoms with Crippen LogP contribution >= 0.6 is 15.9 Å². The number of carbonyl (C=O) groups excluding carboxylic acids is 1. The number of benzene rings is 1. The van der Waals surface area contributed by atoms with Crippen molar-refractivity contribution in [2.45, 2.75) is 12.8 Å². The first kappa shape index (κ1) is 12.6. The van der Waals surface area contributed by atoms with Crippen LogP contribution in [0.5, 0.6) is 0 Å². The second-order valence-electron chi connectivity index (χ2n) is 4.35. The van der Waals surface area contributed by atoms with Gasteiger partial charge in [0.05, 0.1) is 5.92 Å². The lowest BCUT2D eigenvalue weighted by Crippen LogP contribution is -2.47. The van der Waals surface area contributed by atoms with E-state index >= 15 is 0 Å². The second kappa shape index (κ2) is 5.65. The fraction of sp³-hybridized carbons (Fsp3) is 0.462. The van der Waals surface area contributed by atoms with Gasteiger partial charge in [-0.3, -0.25) is 4.79 Å². The predicted molar refractivity (Wildman–Crippen MR) is 72.0 cm³/mol. The molecule has 1 saturated heterocycles. The Morgan fingerprint density at radius 2 is 1.88 bits per heavy atom. The third-order valence-electron chi connectivity index (χ3n) is 3.17. The Morgan fingerprint density at radius 1 is 1.29 bits per heavy atom. The molecule has 1 amide bonds. The van der Waals surface area contributed by atoms with Crippen LogP contribution in [0.15, 0.2) is 28.7 Å². The molecular formula is C13H17BrN2O. The summed E-state index contributed by atoms with van der Waals surface area (Å²) in [7, 11) is 0. The van der Waals surface area contributed by atoms with Gasteiger partial charge in [-0.2, -0.15) is 0 Å². The molecular weight excluding hydrogens is 280 g/mol. The maximum Gasteiger partial charge on any atom is 0.229 e. The summed E-state index contributed by atoms with van der Waals surface area (Å²) < 4.78 is 1.04. The van der Waals surface area contributed by atoms with E-state index in [0.717, 1.165) is 36.2 Å². The summed E-state index contributed by atoms with van der Waals surface area (Å²) in [5.41, 5.74) is 1.08. The Bertz CT molecular complexity index is 385. The fourth-order valence-electron chi connectivity index (χ4n) is 2.05. The molecule has 1 unspecified atom stereocenters. The minimum Gasteiger partial charge on any atom is -0.340 e. The summed E-state index contributed by atoms with van der Waals surface area (Å²) in [6.45, 7) is 5.42. The van der Waals surface area contributed by atoms with Crippen LogP contribution in [0.1, 0.15) is 18.4 Å². The van der Waals surface area contributed by atoms with Crippen LogP contribution in [0.4, 0.5) is 0 Å². The highest BCUT2D eigenvalue weighted by atomic mass is 79.9. The van der Waals surface area contributed by atoms with Crippen LogP contribution in [0.3, 0.4) is 0 Å². The third kappa shape index (κ3) is 3.07. The molecule has 0 aliphatic carbocycles. The molecule has 3 nitrogen and oxygen atoms in total. The molecule has 1 heterocycles. The Morgan fingerprint density at radius 3 is 2.47 bits per heavy atom. The molecule has 1 N–H and O–H groups in total. The van der Waals surface area contributed by atoms with Crippen molar-refractivity contribution in [3.8, 4) is 0 Å². The molecule has 0 spiro atoms. The minimum atomic E-state index is -0.0544. The van der Waals surface area contributed by atoms with E-state index in [4.69, 9.17) is 0 Å². The van der Waals surface area contributed by atoms with Gasteiger partial charge < -0.3 is 10.2 Å². The highest BCUT2D eigenvalue weighted by Gasteiger charge is 2.22. The van der Waals surface area contributed by atoms with Crippen LogP contribution in [-0.2, 0) is 4.79 Å². The van der Waals surface area contributed by atoms with E-state index < -0.39 is 0 Å². The van der Waals surface area contributed by atoms with Crippen LogP contribution in [0.2, 0.25) is 0 Å². The average Bonchev–Trinajstić information content (AvgIpc) is 2.39. The van der Waals surface area contributed by atoms with E-state index in [1.807, 2.05) is 36.1 Å². The average molecular weight is 297 g/mol. The quantitative estimate of drug-likeness (QED) is 0.905. The van der Waals surface area contributed by atoms with Crippen molar-refractivity contribution >= 4 is 21.8 Å². The molecule has 92 valence electrons. The van der Waals surface area contributed by atoms with E-state index in [9.17, 15) is 4.79 Å². The lowest BCUT2D eigenvalue weighted by atomic mass is 9.99. The van der Waals surface area contributed by atoms with Crippen molar-refractivity contribution in [3.63, 3.8) is 0 Å². The maximum absolute atomic E-state index is 12.3. The van der Waals surface area contributed by atoms with E-state index in [1.165, 1.54) is 0 Å². The second-order valence-corrected chi connectivity index (χ2v) is 5.26. The van der Waals surface area contributed by atoms with Crippen molar-refractivity contribution in [2.75, 3.05) is 26.2 Å². The van der Waals surface area contributed by atoms with Crippen molar-refractivity contribution in [3.05, 3.63) is 34.3 Å². The summed E-state index contributed by atoms with van der Waals surface area (Å²) in [6, 6.07) is 7.98. The highest BCUT2D eigenvalue weighted by molar-refractivity contribution is 9.10. The maximum atomic E-state index is 12.3. The lowest BCUT2D eigenvalue weighted by Gasteiger charge is -2.30. The molecule has 1 atom stereocenters. The molecule has 1 aliphatic rings. The fourth-order valence-corrected chi connectivity index (χ4v) is 2.32. The number of halogens is 1. The molecule has 1 aliphatic heterocycles. The zero-order valence-electron chi connectivity index (χ0n) is 9.95. The lowest BCUT2D eigenvalue weighted by molar-refractivity contribution is -0.133. The number of hydrogen-bond donors (Lipinski definition) is 1. The number of nitrogens with one attached hydrogen (secondary N) is 1. The van der Waals surface area contributed by atoms with Crippen LogP contribution in [0.25, 0.3) is 0 Å². The molecule has 17 heavy (non-hydrogen) atoms. The van der Waals surface area contributed by atoms with E-state index in [2.05, 4.69) is 21.2 Å². The van der Waals surface area contributed by atoms with Crippen molar-refractivity contribution in [1.82, 2.24) is 10.2 Å². The van der Waals surface area contributed by atoms with Crippen LogP contribution in [-0.4, -0.2) is 37.0 Å². The molecule has 2 rings (SSSR count). The Hall–Kier alpha value is -0.870. The summed E-state index contributed by atoms with van der Waals surface area (Å²) in [5.74, 6) is 0.176. The summed E-state index contributed by atoms with van der Waals surface area (Å²) in [4.78, 5) is 14.2. The van der Waals surface area contributed by atoms with Gasteiger partial charge in [0.2, 0.25) is 5.91 Å². The van der Waals surface area contributed by atoms with Crippen LogP contribution < -0.4 is 5.32 Å². The summed E-state index contributed by atoms with van der Waals surface area (Å²) in [6.07, 6.45) is 0. The number of piperazine rings is 1. The van der Waals surface area contributed by atoms with Gasteiger partial charge in [0.25, 0.3) is 0 Å². The van der Waals surface area contributed by atoms with Gasteiger partial charge in [-0.1, -0.05) is 28.1 Å². The summed E-state index contributed by atoms with van der Waals surface area (Å²) >= 11 is 3.40. The molecule has 1 aromatic rings. The van der Waals surface area contributed by atoms with E-state index in [0.29, 0.717) is 0 Å². The van der Waals surface area contributed by atoms with Gasteiger partial charge in [-0.15, -0.1) is 0 Å². The molecule has 0 aromatic heterocycles. The number of hydrogen-bond acceptors (Lipinski definition) is 2. The number of rotatable bonds is 2. The smallest absolute Gasteiger partial charge is 0.229 e.